The van der Waals surface area contributed by atoms with E-state index in [0.29, 0.717) is 56.7 Å². The number of likely N-dealkylation sites (tertiary alicyclic amines) is 1. The molecule has 226 valence electrons. The maximum atomic E-state index is 14.8. The number of para-hydroxylation sites is 1. The van der Waals surface area contributed by atoms with Crippen LogP contribution in [0.1, 0.15) is 69.4 Å². The smallest absolute Gasteiger partial charge is 0.248 e. The Bertz CT molecular complexity index is 1220. The number of benzene rings is 2. The number of carbonyl (C=O) groups is 1. The van der Waals surface area contributed by atoms with E-state index >= 15 is 0 Å². The number of nitrogens with zero attached hydrogens (tertiary/aromatic N) is 1. The van der Waals surface area contributed by atoms with Crippen LogP contribution in [0.4, 0.5) is 13.2 Å². The van der Waals surface area contributed by atoms with Gasteiger partial charge in [-0.25, -0.2) is 13.2 Å². The molecule has 5 nitrogen and oxygen atoms in total. The average Bonchev–Trinajstić information content (AvgIpc) is 3.36. The van der Waals surface area contributed by atoms with E-state index in [1.165, 1.54) is 6.07 Å². The summed E-state index contributed by atoms with van der Waals surface area (Å²) in [5, 5.41) is 2.22. The van der Waals surface area contributed by atoms with Gasteiger partial charge in [0.15, 0.2) is 11.5 Å². The molecule has 1 saturated carbocycles. The van der Waals surface area contributed by atoms with Gasteiger partial charge in [-0.2, -0.15) is 0 Å². The highest BCUT2D eigenvalue weighted by Gasteiger charge is 2.56. The Morgan fingerprint density at radius 2 is 1.83 bits per heavy atom. The molecule has 4 aliphatic rings. The Kier molecular flexibility index (Phi) is 9.54. The van der Waals surface area contributed by atoms with E-state index in [4.69, 9.17) is 9.47 Å². The lowest BCUT2D eigenvalue weighted by Crippen LogP contribution is -3.00. The maximum Gasteiger partial charge on any atom is 0.248 e. The number of methoxy groups -OCH3 is 1. The molecule has 2 saturated heterocycles. The fraction of sp³-hybridized carbons (Fsp3) is 0.594. The van der Waals surface area contributed by atoms with E-state index in [-0.39, 0.29) is 73.6 Å². The van der Waals surface area contributed by atoms with Crippen molar-refractivity contribution in [3.63, 3.8) is 0 Å². The number of alkyl halides is 2. The number of halogens is 4. The van der Waals surface area contributed by atoms with Crippen LogP contribution >= 0.6 is 0 Å². The fourth-order valence-corrected chi connectivity index (χ4v) is 7.93. The number of rotatable bonds is 4. The second-order valence-corrected chi connectivity index (χ2v) is 11.9. The van der Waals surface area contributed by atoms with Gasteiger partial charge in [-0.05, 0) is 61.6 Å². The SMILES string of the molecule is C.COc1cccc2c1OCC[C@]21C[NH2+]C[C@H]1C(=O)N1CC[C@@H](c2ccccc2F)C[C@H]1C1CCC(F)(F)CC1.[Cl-]. The topological polar surface area (TPSA) is 55.4 Å². The third-order valence-electron chi connectivity index (χ3n) is 9.98. The number of hydrogen-bond donors (Lipinski definition) is 1. The van der Waals surface area contributed by atoms with Crippen LogP contribution in [0.3, 0.4) is 0 Å². The Balaban J connectivity index is 0.00000194. The summed E-state index contributed by atoms with van der Waals surface area (Å²) >= 11 is 0. The summed E-state index contributed by atoms with van der Waals surface area (Å²) in [6.07, 6.45) is 2.51. The molecule has 0 aromatic heterocycles. The molecule has 0 bridgehead atoms. The highest BCUT2D eigenvalue weighted by Crippen LogP contribution is 2.50. The van der Waals surface area contributed by atoms with Crippen molar-refractivity contribution >= 4 is 5.91 Å². The number of nitrogens with two attached hydrogens (primary N) is 1. The summed E-state index contributed by atoms with van der Waals surface area (Å²) in [7, 11) is 1.63. The van der Waals surface area contributed by atoms with Gasteiger partial charge < -0.3 is 32.1 Å². The molecule has 2 aromatic carbocycles. The summed E-state index contributed by atoms with van der Waals surface area (Å²) in [5.41, 5.74) is 1.33. The number of fused-ring (bicyclic) bond motifs is 2. The second kappa shape index (κ2) is 12.4. The lowest BCUT2D eigenvalue weighted by Gasteiger charge is -2.47. The molecule has 1 aliphatic carbocycles. The van der Waals surface area contributed by atoms with Gasteiger partial charge in [0.05, 0.1) is 32.2 Å². The van der Waals surface area contributed by atoms with E-state index in [2.05, 4.69) is 11.4 Å². The number of piperidine rings is 1. The molecule has 2 aromatic rings. The number of carbonyl (C=O) groups excluding carboxylic acids is 1. The molecule has 1 amide bonds. The molecule has 9 heteroatoms. The zero-order chi connectivity index (χ0) is 27.2. The van der Waals surface area contributed by atoms with Crippen LogP contribution in [-0.2, 0) is 10.2 Å². The van der Waals surface area contributed by atoms with Gasteiger partial charge >= 0.3 is 0 Å². The summed E-state index contributed by atoms with van der Waals surface area (Å²) < 4.78 is 54.7. The lowest BCUT2D eigenvalue weighted by atomic mass is 9.67. The largest absolute Gasteiger partial charge is 1.00 e. The van der Waals surface area contributed by atoms with Crippen molar-refractivity contribution in [2.45, 2.75) is 75.7 Å². The van der Waals surface area contributed by atoms with Gasteiger partial charge in [0.2, 0.25) is 11.8 Å². The molecule has 3 fully saturated rings. The molecule has 2 N–H and O–H groups in total. The molecule has 3 heterocycles. The molecule has 4 atom stereocenters. The Labute approximate surface area is 247 Å². The van der Waals surface area contributed by atoms with Crippen LogP contribution in [0.2, 0.25) is 0 Å². The summed E-state index contributed by atoms with van der Waals surface area (Å²) in [6.45, 7) is 2.50. The highest BCUT2D eigenvalue weighted by molar-refractivity contribution is 5.82. The summed E-state index contributed by atoms with van der Waals surface area (Å²) in [4.78, 5) is 16.5. The number of quaternary nitrogens is 1. The van der Waals surface area contributed by atoms with Gasteiger partial charge in [-0.15, -0.1) is 0 Å². The van der Waals surface area contributed by atoms with E-state index in [1.54, 1.807) is 13.2 Å². The first kappa shape index (κ1) is 31.5. The molecule has 41 heavy (non-hydrogen) atoms. The lowest BCUT2D eigenvalue weighted by molar-refractivity contribution is -0.640. The molecule has 0 radical (unpaired) electrons. The molecule has 0 unspecified atom stereocenters. The van der Waals surface area contributed by atoms with Crippen molar-refractivity contribution in [3.8, 4) is 11.5 Å². The third-order valence-corrected chi connectivity index (χ3v) is 9.98. The van der Waals surface area contributed by atoms with E-state index < -0.39 is 5.92 Å². The van der Waals surface area contributed by atoms with Crippen molar-refractivity contribution in [1.29, 1.82) is 0 Å². The second-order valence-electron chi connectivity index (χ2n) is 11.9. The summed E-state index contributed by atoms with van der Waals surface area (Å²) in [5.74, 6) is -1.64. The monoisotopic (exact) mass is 594 g/mol. The van der Waals surface area contributed by atoms with Gasteiger partial charge in [0.1, 0.15) is 11.7 Å². The minimum absolute atomic E-state index is 0. The van der Waals surface area contributed by atoms with Crippen molar-refractivity contribution in [2.75, 3.05) is 33.4 Å². The van der Waals surface area contributed by atoms with Crippen LogP contribution in [0.25, 0.3) is 0 Å². The maximum absolute atomic E-state index is 14.8. The molecular weight excluding hydrogens is 553 g/mol. The van der Waals surface area contributed by atoms with Crippen LogP contribution in [-0.4, -0.2) is 56.1 Å². The first-order chi connectivity index (χ1) is 18.8. The van der Waals surface area contributed by atoms with E-state index in [9.17, 15) is 18.0 Å². The third kappa shape index (κ3) is 5.66. The first-order valence-electron chi connectivity index (χ1n) is 14.4. The molecule has 1 spiro atoms. The van der Waals surface area contributed by atoms with Crippen molar-refractivity contribution in [2.24, 2.45) is 11.8 Å². The minimum Gasteiger partial charge on any atom is -1.00 e. The zero-order valence-corrected chi connectivity index (χ0v) is 23.6. The van der Waals surface area contributed by atoms with Crippen LogP contribution in [0.5, 0.6) is 11.5 Å². The van der Waals surface area contributed by atoms with Gasteiger partial charge in [-0.3, -0.25) is 4.79 Å². The van der Waals surface area contributed by atoms with Crippen LogP contribution < -0.4 is 27.2 Å². The molecular formula is C32H42ClF3N2O3. The van der Waals surface area contributed by atoms with E-state index in [1.807, 2.05) is 29.2 Å². The number of ether oxygens (including phenoxy) is 2. The average molecular weight is 595 g/mol. The number of amides is 1. The van der Waals surface area contributed by atoms with E-state index in [0.717, 1.165) is 24.3 Å². The van der Waals surface area contributed by atoms with Crippen LogP contribution in [0.15, 0.2) is 42.5 Å². The van der Waals surface area contributed by atoms with Crippen LogP contribution in [0, 0.1) is 17.7 Å². The van der Waals surface area contributed by atoms with Gasteiger partial charge in [0, 0.05) is 31.0 Å². The molecule has 6 rings (SSSR count). The predicted molar refractivity (Wildman–Crippen MR) is 147 cm³/mol. The Morgan fingerprint density at radius 3 is 2.56 bits per heavy atom. The van der Waals surface area contributed by atoms with Gasteiger partial charge in [-0.1, -0.05) is 37.8 Å². The van der Waals surface area contributed by atoms with Crippen molar-refractivity contribution in [3.05, 3.63) is 59.4 Å². The Morgan fingerprint density at radius 1 is 1.07 bits per heavy atom. The number of hydrogen-bond acceptors (Lipinski definition) is 3. The quantitative estimate of drug-likeness (QED) is 0.591. The normalized spacial score (nSPS) is 29.1. The highest BCUT2D eigenvalue weighted by atomic mass is 35.5. The fourth-order valence-electron chi connectivity index (χ4n) is 7.93. The van der Waals surface area contributed by atoms with Gasteiger partial charge in [0.25, 0.3) is 0 Å². The Hall–Kier alpha value is -2.45. The first-order valence-corrected chi connectivity index (χ1v) is 14.4. The molecule has 3 aliphatic heterocycles. The predicted octanol–water partition coefficient (Wildman–Crippen LogP) is 2.29. The zero-order valence-electron chi connectivity index (χ0n) is 22.9. The standard InChI is InChI=1S/C31H37F3N2O3.CH4.ClH/c1-38-27-8-4-6-23-28(27)39-16-14-30(23)19-35-18-24(30)29(37)36-15-11-21(22-5-2-3-7-25(22)32)17-26(36)20-9-12-31(33,34)13-10-20;;/h2-8,20-21,24,26,35H,9-19H2,1H3;1H4;1H/t21-,24+,26+,30+;;/m1../s1. The van der Waals surface area contributed by atoms with Crippen molar-refractivity contribution < 1.29 is 45.2 Å². The summed E-state index contributed by atoms with van der Waals surface area (Å²) in [6, 6.07) is 12.6. The minimum atomic E-state index is -2.64. The van der Waals surface area contributed by atoms with Crippen molar-refractivity contribution in [1.82, 2.24) is 4.90 Å².